The summed E-state index contributed by atoms with van der Waals surface area (Å²) in [6.07, 6.45) is 3.87. The quantitative estimate of drug-likeness (QED) is 0.911. The van der Waals surface area contributed by atoms with Crippen LogP contribution in [0.4, 0.5) is 0 Å². The van der Waals surface area contributed by atoms with Crippen molar-refractivity contribution in [1.82, 2.24) is 10.2 Å². The van der Waals surface area contributed by atoms with Crippen molar-refractivity contribution in [3.63, 3.8) is 0 Å². The van der Waals surface area contributed by atoms with Gasteiger partial charge in [0.05, 0.1) is 0 Å². The third kappa shape index (κ3) is 2.67. The SMILES string of the molecule is CCC(c1ccc(Cl)cc1)N1CCC2(CCNC2)C1. The number of hydrogen-bond acceptors (Lipinski definition) is 2. The fraction of sp³-hybridized carbons (Fsp3) is 0.625. The molecule has 2 heterocycles. The van der Waals surface area contributed by atoms with E-state index in [0.29, 0.717) is 11.5 Å². The van der Waals surface area contributed by atoms with Gasteiger partial charge in [0.2, 0.25) is 0 Å². The Morgan fingerprint density at radius 3 is 2.74 bits per heavy atom. The monoisotopic (exact) mass is 278 g/mol. The zero-order valence-corrected chi connectivity index (χ0v) is 12.4. The smallest absolute Gasteiger partial charge is 0.0406 e. The van der Waals surface area contributed by atoms with E-state index in [1.807, 2.05) is 12.1 Å². The number of nitrogens with zero attached hydrogens (tertiary/aromatic N) is 1. The van der Waals surface area contributed by atoms with E-state index < -0.39 is 0 Å². The molecule has 1 aromatic carbocycles. The number of benzene rings is 1. The highest BCUT2D eigenvalue weighted by Gasteiger charge is 2.42. The van der Waals surface area contributed by atoms with E-state index in [1.165, 1.54) is 51.0 Å². The predicted molar refractivity (Wildman–Crippen MR) is 80.6 cm³/mol. The maximum absolute atomic E-state index is 6.00. The van der Waals surface area contributed by atoms with Crippen molar-refractivity contribution < 1.29 is 0 Å². The first-order valence-corrected chi connectivity index (χ1v) is 7.80. The first-order valence-electron chi connectivity index (χ1n) is 7.43. The van der Waals surface area contributed by atoms with E-state index in [0.717, 1.165) is 5.02 Å². The second-order valence-corrected chi connectivity index (χ2v) is 6.56. The van der Waals surface area contributed by atoms with Crippen LogP contribution in [-0.4, -0.2) is 31.1 Å². The number of likely N-dealkylation sites (tertiary alicyclic amines) is 1. The highest BCUT2D eigenvalue weighted by atomic mass is 35.5. The van der Waals surface area contributed by atoms with Crippen LogP contribution in [0.15, 0.2) is 24.3 Å². The van der Waals surface area contributed by atoms with Crippen molar-refractivity contribution in [2.24, 2.45) is 5.41 Å². The maximum Gasteiger partial charge on any atom is 0.0406 e. The van der Waals surface area contributed by atoms with Crippen molar-refractivity contribution in [1.29, 1.82) is 0 Å². The number of rotatable bonds is 3. The Morgan fingerprint density at radius 2 is 2.11 bits per heavy atom. The van der Waals surface area contributed by atoms with Crippen molar-refractivity contribution in [2.45, 2.75) is 32.2 Å². The van der Waals surface area contributed by atoms with E-state index in [4.69, 9.17) is 11.6 Å². The van der Waals surface area contributed by atoms with Crippen LogP contribution in [0.1, 0.15) is 37.8 Å². The molecule has 0 bridgehead atoms. The molecule has 2 unspecified atom stereocenters. The third-order valence-electron chi connectivity index (χ3n) is 4.88. The normalized spacial score (nSPS) is 29.2. The van der Waals surface area contributed by atoms with E-state index in [1.54, 1.807) is 0 Å². The number of hydrogen-bond donors (Lipinski definition) is 1. The lowest BCUT2D eigenvalue weighted by Gasteiger charge is -2.29. The minimum absolute atomic E-state index is 0.553. The topological polar surface area (TPSA) is 15.3 Å². The van der Waals surface area contributed by atoms with Gasteiger partial charge in [-0.1, -0.05) is 30.7 Å². The van der Waals surface area contributed by atoms with Gasteiger partial charge in [-0.2, -0.15) is 0 Å². The zero-order chi connectivity index (χ0) is 13.3. The Hall–Kier alpha value is -0.570. The van der Waals surface area contributed by atoms with Gasteiger partial charge in [0.1, 0.15) is 0 Å². The van der Waals surface area contributed by atoms with Crippen molar-refractivity contribution >= 4 is 11.6 Å². The molecule has 2 nitrogen and oxygen atoms in total. The maximum atomic E-state index is 6.00. The molecule has 2 aliphatic heterocycles. The van der Waals surface area contributed by atoms with Crippen LogP contribution >= 0.6 is 11.6 Å². The van der Waals surface area contributed by atoms with E-state index >= 15 is 0 Å². The van der Waals surface area contributed by atoms with Gasteiger partial charge in [-0.05, 0) is 55.5 Å². The van der Waals surface area contributed by atoms with Gasteiger partial charge in [-0.25, -0.2) is 0 Å². The molecular formula is C16H23ClN2. The Labute approximate surface area is 121 Å². The van der Waals surface area contributed by atoms with Crippen LogP contribution in [0, 0.1) is 5.41 Å². The molecule has 2 saturated heterocycles. The molecule has 1 N–H and O–H groups in total. The summed E-state index contributed by atoms with van der Waals surface area (Å²) in [6, 6.07) is 8.96. The molecule has 1 spiro atoms. The van der Waals surface area contributed by atoms with Gasteiger partial charge >= 0.3 is 0 Å². The molecule has 0 aromatic heterocycles. The van der Waals surface area contributed by atoms with Gasteiger partial charge in [0.15, 0.2) is 0 Å². The lowest BCUT2D eigenvalue weighted by atomic mass is 9.86. The fourth-order valence-electron chi connectivity index (χ4n) is 3.77. The second kappa shape index (κ2) is 5.43. The van der Waals surface area contributed by atoms with E-state index in [9.17, 15) is 0 Å². The molecule has 104 valence electrons. The standard InChI is InChI=1S/C16H23ClN2/c1-2-15(13-3-5-14(17)6-4-13)19-10-8-16(12-19)7-9-18-11-16/h3-6,15,18H,2,7-12H2,1H3. The summed E-state index contributed by atoms with van der Waals surface area (Å²) in [6.45, 7) is 7.19. The van der Waals surface area contributed by atoms with Crippen molar-refractivity contribution in [3.05, 3.63) is 34.9 Å². The van der Waals surface area contributed by atoms with Crippen molar-refractivity contribution in [3.8, 4) is 0 Å². The van der Waals surface area contributed by atoms with Crippen LogP contribution in [0.25, 0.3) is 0 Å². The average Bonchev–Trinajstić information content (AvgIpc) is 3.04. The largest absolute Gasteiger partial charge is 0.316 e. The van der Waals surface area contributed by atoms with Crippen LogP contribution in [0.2, 0.25) is 5.02 Å². The predicted octanol–water partition coefficient (Wildman–Crippen LogP) is 3.48. The van der Waals surface area contributed by atoms with Crippen LogP contribution in [-0.2, 0) is 0 Å². The molecular weight excluding hydrogens is 256 g/mol. The summed E-state index contributed by atoms with van der Waals surface area (Å²) in [5, 5.41) is 4.37. The summed E-state index contributed by atoms with van der Waals surface area (Å²) < 4.78 is 0. The Balaban J connectivity index is 1.74. The highest BCUT2D eigenvalue weighted by molar-refractivity contribution is 6.30. The summed E-state index contributed by atoms with van der Waals surface area (Å²) in [5.74, 6) is 0. The van der Waals surface area contributed by atoms with Gasteiger partial charge in [0.25, 0.3) is 0 Å². The first-order chi connectivity index (χ1) is 9.22. The Kier molecular flexibility index (Phi) is 3.84. The zero-order valence-electron chi connectivity index (χ0n) is 11.7. The molecule has 0 aliphatic carbocycles. The molecule has 2 atom stereocenters. The average molecular weight is 279 g/mol. The molecule has 3 rings (SSSR count). The lowest BCUT2D eigenvalue weighted by Crippen LogP contribution is -2.31. The van der Waals surface area contributed by atoms with Gasteiger partial charge < -0.3 is 5.32 Å². The molecule has 2 aliphatic rings. The molecule has 3 heteroatoms. The molecule has 0 saturated carbocycles. The van der Waals surface area contributed by atoms with Gasteiger partial charge in [-0.3, -0.25) is 4.90 Å². The summed E-state index contributed by atoms with van der Waals surface area (Å²) in [4.78, 5) is 2.68. The first kappa shape index (κ1) is 13.4. The molecule has 19 heavy (non-hydrogen) atoms. The van der Waals surface area contributed by atoms with Gasteiger partial charge in [0, 0.05) is 24.2 Å². The van der Waals surface area contributed by atoms with E-state index in [-0.39, 0.29) is 0 Å². The van der Waals surface area contributed by atoms with Crippen LogP contribution in [0.5, 0.6) is 0 Å². The minimum atomic E-state index is 0.553. The number of halogens is 1. The Morgan fingerprint density at radius 1 is 1.32 bits per heavy atom. The highest BCUT2D eigenvalue weighted by Crippen LogP contribution is 2.40. The summed E-state index contributed by atoms with van der Waals surface area (Å²) in [5.41, 5.74) is 1.97. The third-order valence-corrected chi connectivity index (χ3v) is 5.13. The summed E-state index contributed by atoms with van der Waals surface area (Å²) in [7, 11) is 0. The van der Waals surface area contributed by atoms with E-state index in [2.05, 4.69) is 29.3 Å². The van der Waals surface area contributed by atoms with Crippen molar-refractivity contribution in [2.75, 3.05) is 26.2 Å². The van der Waals surface area contributed by atoms with Gasteiger partial charge in [-0.15, -0.1) is 0 Å². The van der Waals surface area contributed by atoms with Crippen LogP contribution < -0.4 is 5.32 Å². The molecule has 0 radical (unpaired) electrons. The molecule has 1 aromatic rings. The second-order valence-electron chi connectivity index (χ2n) is 6.12. The minimum Gasteiger partial charge on any atom is -0.316 e. The number of nitrogens with one attached hydrogen (secondary N) is 1. The summed E-state index contributed by atoms with van der Waals surface area (Å²) >= 11 is 6.00. The Bertz CT molecular complexity index is 423. The fourth-order valence-corrected chi connectivity index (χ4v) is 3.90. The van der Waals surface area contributed by atoms with Crippen LogP contribution in [0.3, 0.4) is 0 Å². The molecule has 2 fully saturated rings. The lowest BCUT2D eigenvalue weighted by molar-refractivity contribution is 0.206. The molecule has 0 amide bonds.